The Morgan fingerprint density at radius 1 is 1.06 bits per heavy atom. The Morgan fingerprint density at radius 2 is 1.83 bits per heavy atom. The van der Waals surface area contributed by atoms with Gasteiger partial charge < -0.3 is 5.73 Å². The van der Waals surface area contributed by atoms with Crippen molar-refractivity contribution in [3.05, 3.63) is 33.8 Å². The fourth-order valence-electron chi connectivity index (χ4n) is 3.95. The third kappa shape index (κ3) is 1.98. The molecule has 0 heterocycles. The van der Waals surface area contributed by atoms with E-state index < -0.39 is 0 Å². The number of hydrogen-bond donors (Lipinski definition) is 1. The van der Waals surface area contributed by atoms with Gasteiger partial charge in [0.1, 0.15) is 0 Å². The summed E-state index contributed by atoms with van der Waals surface area (Å²) in [4.78, 5) is 0. The van der Waals surface area contributed by atoms with Crippen LogP contribution in [0.4, 0.5) is 0 Å². The van der Waals surface area contributed by atoms with Crippen LogP contribution in [0.25, 0.3) is 0 Å². The van der Waals surface area contributed by atoms with E-state index in [1.807, 2.05) is 0 Å². The van der Waals surface area contributed by atoms with Gasteiger partial charge in [-0.2, -0.15) is 0 Å². The molecule has 0 saturated heterocycles. The van der Waals surface area contributed by atoms with Crippen LogP contribution in [-0.4, -0.2) is 6.54 Å². The standard InChI is InChI=1S/C16H22ClN/c17-13-9-12-5-4-6-14(12)15(10-13)16(11-18)7-2-1-3-8-16/h9-10H,1-8,11,18H2. The van der Waals surface area contributed by atoms with Crippen LogP contribution in [0.15, 0.2) is 12.1 Å². The largest absolute Gasteiger partial charge is 0.330 e. The number of benzene rings is 1. The molecule has 0 bridgehead atoms. The molecule has 0 unspecified atom stereocenters. The van der Waals surface area contributed by atoms with Crippen molar-refractivity contribution in [3.63, 3.8) is 0 Å². The molecular weight excluding hydrogens is 242 g/mol. The Balaban J connectivity index is 2.09. The van der Waals surface area contributed by atoms with Crippen LogP contribution in [0.1, 0.15) is 55.2 Å². The second-order valence-corrected chi connectivity index (χ2v) is 6.43. The second-order valence-electron chi connectivity index (χ2n) is 5.99. The molecule has 18 heavy (non-hydrogen) atoms. The van der Waals surface area contributed by atoms with Crippen molar-refractivity contribution in [2.45, 2.75) is 56.8 Å². The molecule has 0 radical (unpaired) electrons. The summed E-state index contributed by atoms with van der Waals surface area (Å²) in [5.74, 6) is 0. The Hall–Kier alpha value is -0.530. The summed E-state index contributed by atoms with van der Waals surface area (Å²) in [5, 5.41) is 0.907. The second kappa shape index (κ2) is 4.86. The van der Waals surface area contributed by atoms with E-state index in [0.29, 0.717) is 0 Å². The maximum atomic E-state index is 6.33. The van der Waals surface area contributed by atoms with Crippen LogP contribution in [0.5, 0.6) is 0 Å². The van der Waals surface area contributed by atoms with E-state index in [1.54, 1.807) is 5.56 Å². The first kappa shape index (κ1) is 12.5. The lowest BCUT2D eigenvalue weighted by Crippen LogP contribution is -2.38. The average molecular weight is 264 g/mol. The molecule has 0 aliphatic heterocycles. The predicted molar refractivity (Wildman–Crippen MR) is 77.3 cm³/mol. The number of hydrogen-bond acceptors (Lipinski definition) is 1. The van der Waals surface area contributed by atoms with Crippen LogP contribution in [-0.2, 0) is 18.3 Å². The first-order valence-electron chi connectivity index (χ1n) is 7.27. The highest BCUT2D eigenvalue weighted by molar-refractivity contribution is 6.30. The molecular formula is C16H22ClN. The molecule has 1 aromatic carbocycles. The van der Waals surface area contributed by atoms with Crippen LogP contribution < -0.4 is 5.73 Å². The van der Waals surface area contributed by atoms with Gasteiger partial charge in [0.25, 0.3) is 0 Å². The molecule has 2 aliphatic rings. The molecule has 0 amide bonds. The van der Waals surface area contributed by atoms with Gasteiger partial charge in [-0.3, -0.25) is 0 Å². The maximum absolute atomic E-state index is 6.33. The fourth-order valence-corrected chi connectivity index (χ4v) is 4.19. The number of halogens is 1. The molecule has 2 heteroatoms. The first-order valence-corrected chi connectivity index (χ1v) is 7.65. The van der Waals surface area contributed by atoms with E-state index >= 15 is 0 Å². The van der Waals surface area contributed by atoms with Crippen molar-refractivity contribution in [1.29, 1.82) is 0 Å². The first-order chi connectivity index (χ1) is 8.75. The van der Waals surface area contributed by atoms with Gasteiger partial charge in [-0.05, 0) is 60.9 Å². The summed E-state index contributed by atoms with van der Waals surface area (Å²) < 4.78 is 0. The zero-order valence-corrected chi connectivity index (χ0v) is 11.7. The van der Waals surface area contributed by atoms with E-state index in [1.165, 1.54) is 62.5 Å². The van der Waals surface area contributed by atoms with Gasteiger partial charge in [-0.25, -0.2) is 0 Å². The number of rotatable bonds is 2. The Kier molecular flexibility index (Phi) is 3.38. The smallest absolute Gasteiger partial charge is 0.0411 e. The van der Waals surface area contributed by atoms with Gasteiger partial charge >= 0.3 is 0 Å². The highest BCUT2D eigenvalue weighted by Crippen LogP contribution is 2.43. The lowest BCUT2D eigenvalue weighted by molar-refractivity contribution is 0.299. The van der Waals surface area contributed by atoms with Gasteiger partial charge in [0, 0.05) is 17.0 Å². The minimum absolute atomic E-state index is 0.220. The molecule has 1 nitrogen and oxygen atoms in total. The van der Waals surface area contributed by atoms with Crippen molar-refractivity contribution in [1.82, 2.24) is 0 Å². The SMILES string of the molecule is NCC1(c2cc(Cl)cc3c2CCC3)CCCCC1. The molecule has 98 valence electrons. The fraction of sp³-hybridized carbons (Fsp3) is 0.625. The van der Waals surface area contributed by atoms with Gasteiger partial charge in [-0.15, -0.1) is 0 Å². The summed E-state index contributed by atoms with van der Waals surface area (Å²) in [6.07, 6.45) is 10.2. The number of aryl methyl sites for hydroxylation is 1. The summed E-state index contributed by atoms with van der Waals surface area (Å²) in [7, 11) is 0. The summed E-state index contributed by atoms with van der Waals surface area (Å²) in [6.45, 7) is 0.778. The maximum Gasteiger partial charge on any atom is 0.0411 e. The minimum Gasteiger partial charge on any atom is -0.330 e. The summed E-state index contributed by atoms with van der Waals surface area (Å²) in [5.41, 5.74) is 10.9. The van der Waals surface area contributed by atoms with Crippen LogP contribution in [0.3, 0.4) is 0 Å². The molecule has 1 fully saturated rings. The molecule has 2 N–H and O–H groups in total. The number of nitrogens with two attached hydrogens (primary N) is 1. The van der Waals surface area contributed by atoms with Crippen LogP contribution >= 0.6 is 11.6 Å². The summed E-state index contributed by atoms with van der Waals surface area (Å²) >= 11 is 6.33. The van der Waals surface area contributed by atoms with Crippen molar-refractivity contribution in [2.24, 2.45) is 5.73 Å². The van der Waals surface area contributed by atoms with Gasteiger partial charge in [0.05, 0.1) is 0 Å². The normalized spacial score (nSPS) is 21.9. The predicted octanol–water partition coefficient (Wildman–Crippen LogP) is 3.99. The molecule has 0 spiro atoms. The Morgan fingerprint density at radius 3 is 2.56 bits per heavy atom. The van der Waals surface area contributed by atoms with E-state index in [0.717, 1.165) is 11.6 Å². The van der Waals surface area contributed by atoms with Crippen molar-refractivity contribution < 1.29 is 0 Å². The van der Waals surface area contributed by atoms with Crippen LogP contribution in [0, 0.1) is 0 Å². The van der Waals surface area contributed by atoms with E-state index in [-0.39, 0.29) is 5.41 Å². The lowest BCUT2D eigenvalue weighted by Gasteiger charge is -2.38. The van der Waals surface area contributed by atoms with Gasteiger partial charge in [0.2, 0.25) is 0 Å². The highest BCUT2D eigenvalue weighted by Gasteiger charge is 2.35. The molecule has 0 aromatic heterocycles. The van der Waals surface area contributed by atoms with Crippen molar-refractivity contribution in [2.75, 3.05) is 6.54 Å². The van der Waals surface area contributed by atoms with Crippen molar-refractivity contribution in [3.8, 4) is 0 Å². The van der Waals surface area contributed by atoms with E-state index in [4.69, 9.17) is 17.3 Å². The molecule has 3 rings (SSSR count). The molecule has 2 aliphatic carbocycles. The Labute approximate surface area is 115 Å². The van der Waals surface area contributed by atoms with Crippen LogP contribution in [0.2, 0.25) is 5.02 Å². The van der Waals surface area contributed by atoms with Gasteiger partial charge in [0.15, 0.2) is 0 Å². The monoisotopic (exact) mass is 263 g/mol. The third-order valence-electron chi connectivity index (χ3n) is 4.95. The summed E-state index contributed by atoms with van der Waals surface area (Å²) in [6, 6.07) is 4.38. The molecule has 1 aromatic rings. The minimum atomic E-state index is 0.220. The quantitative estimate of drug-likeness (QED) is 0.858. The topological polar surface area (TPSA) is 26.0 Å². The zero-order valence-electron chi connectivity index (χ0n) is 11.0. The van der Waals surface area contributed by atoms with Gasteiger partial charge in [-0.1, -0.05) is 30.9 Å². The number of fused-ring (bicyclic) bond motifs is 1. The molecule has 0 atom stereocenters. The lowest BCUT2D eigenvalue weighted by atomic mass is 9.68. The molecule has 1 saturated carbocycles. The average Bonchev–Trinajstić information content (AvgIpc) is 2.86. The van der Waals surface area contributed by atoms with Crippen molar-refractivity contribution >= 4 is 11.6 Å². The van der Waals surface area contributed by atoms with E-state index in [2.05, 4.69) is 12.1 Å². The Bertz CT molecular complexity index is 447. The zero-order chi connectivity index (χ0) is 12.6. The highest BCUT2D eigenvalue weighted by atomic mass is 35.5. The van der Waals surface area contributed by atoms with E-state index in [9.17, 15) is 0 Å². The third-order valence-corrected chi connectivity index (χ3v) is 5.17.